The summed E-state index contributed by atoms with van der Waals surface area (Å²) in [4.78, 5) is 23.2. The van der Waals surface area contributed by atoms with Crippen molar-refractivity contribution >= 4 is 11.7 Å². The Morgan fingerprint density at radius 2 is 1.82 bits per heavy atom. The van der Waals surface area contributed by atoms with E-state index in [9.17, 15) is 9.59 Å². The fraction of sp³-hybridized carbons (Fsp3) is 0.222. The van der Waals surface area contributed by atoms with Gasteiger partial charge in [0.2, 0.25) is 0 Å². The van der Waals surface area contributed by atoms with Crippen LogP contribution in [0.25, 0.3) is 0 Å². The number of ether oxygens (including phenoxy) is 1. The molecule has 0 fully saturated rings. The molecule has 2 aromatic rings. The van der Waals surface area contributed by atoms with Gasteiger partial charge < -0.3 is 10.1 Å². The van der Waals surface area contributed by atoms with E-state index in [0.29, 0.717) is 11.3 Å². The molecule has 0 aliphatic heterocycles. The number of carbonyl (C=O) groups is 2. The number of nitrogens with one attached hydrogen (secondary N) is 1. The average molecular weight is 297 g/mol. The second kappa shape index (κ2) is 7.41. The summed E-state index contributed by atoms with van der Waals surface area (Å²) in [7, 11) is 0. The Morgan fingerprint density at radius 3 is 2.50 bits per heavy atom. The molecular weight excluding hydrogens is 278 g/mol. The van der Waals surface area contributed by atoms with Gasteiger partial charge in [0.15, 0.2) is 12.4 Å². The molecule has 1 unspecified atom stereocenters. The summed E-state index contributed by atoms with van der Waals surface area (Å²) in [6.45, 7) is 3.33. The van der Waals surface area contributed by atoms with Crippen molar-refractivity contribution in [1.29, 1.82) is 0 Å². The summed E-state index contributed by atoms with van der Waals surface area (Å²) in [6, 6.07) is 16.4. The number of ketones is 1. The van der Waals surface area contributed by atoms with Crippen LogP contribution < -0.4 is 10.1 Å². The van der Waals surface area contributed by atoms with Gasteiger partial charge in [-0.1, -0.05) is 42.5 Å². The third-order valence-electron chi connectivity index (χ3n) is 3.29. The lowest BCUT2D eigenvalue weighted by atomic mass is 10.1. The van der Waals surface area contributed by atoms with Crippen molar-refractivity contribution in [3.8, 4) is 5.75 Å². The lowest BCUT2D eigenvalue weighted by molar-refractivity contribution is -0.123. The molecule has 0 radical (unpaired) electrons. The molecule has 0 spiro atoms. The van der Waals surface area contributed by atoms with Gasteiger partial charge in [0.25, 0.3) is 5.91 Å². The molecule has 22 heavy (non-hydrogen) atoms. The number of hydrogen-bond acceptors (Lipinski definition) is 3. The molecular formula is C18H19NO3. The summed E-state index contributed by atoms with van der Waals surface area (Å²) >= 11 is 0. The number of Topliss-reactive ketones (excluding diaryl/α,β-unsaturated/α-hetero) is 1. The maximum atomic E-state index is 11.9. The van der Waals surface area contributed by atoms with E-state index in [1.165, 1.54) is 6.92 Å². The highest BCUT2D eigenvalue weighted by Gasteiger charge is 2.10. The topological polar surface area (TPSA) is 55.4 Å². The maximum absolute atomic E-state index is 11.9. The number of amides is 1. The number of benzene rings is 2. The summed E-state index contributed by atoms with van der Waals surface area (Å²) in [6.07, 6.45) is 0. The maximum Gasteiger partial charge on any atom is 0.258 e. The zero-order chi connectivity index (χ0) is 15.9. The lowest BCUT2D eigenvalue weighted by Crippen LogP contribution is -2.31. The molecule has 114 valence electrons. The second-order valence-corrected chi connectivity index (χ2v) is 5.07. The van der Waals surface area contributed by atoms with Gasteiger partial charge in [0.1, 0.15) is 5.75 Å². The van der Waals surface area contributed by atoms with Crippen LogP contribution in [0.3, 0.4) is 0 Å². The first-order chi connectivity index (χ1) is 10.6. The highest BCUT2D eigenvalue weighted by atomic mass is 16.5. The van der Waals surface area contributed by atoms with Crippen molar-refractivity contribution in [2.45, 2.75) is 19.9 Å². The van der Waals surface area contributed by atoms with E-state index in [2.05, 4.69) is 5.32 Å². The van der Waals surface area contributed by atoms with E-state index in [1.807, 2.05) is 37.3 Å². The van der Waals surface area contributed by atoms with Gasteiger partial charge in [-0.15, -0.1) is 0 Å². The fourth-order valence-electron chi connectivity index (χ4n) is 2.06. The molecule has 1 atom stereocenters. The molecule has 1 amide bonds. The summed E-state index contributed by atoms with van der Waals surface area (Å²) in [5.41, 5.74) is 1.60. The van der Waals surface area contributed by atoms with Crippen LogP contribution in [-0.2, 0) is 4.79 Å². The standard InChI is InChI=1S/C18H19NO3/c1-13(15-7-4-3-5-8-15)19-18(21)12-22-17-10-6-9-16(11-17)14(2)20/h3-11,13H,12H2,1-2H3,(H,19,21). The first kappa shape index (κ1) is 15.8. The Bertz CT molecular complexity index is 652. The predicted octanol–water partition coefficient (Wildman–Crippen LogP) is 3.15. The number of hydrogen-bond donors (Lipinski definition) is 1. The largest absolute Gasteiger partial charge is 0.484 e. The van der Waals surface area contributed by atoms with E-state index in [0.717, 1.165) is 5.56 Å². The van der Waals surface area contributed by atoms with Crippen LogP contribution in [0.1, 0.15) is 35.8 Å². The molecule has 0 saturated heterocycles. The van der Waals surface area contributed by atoms with Crippen LogP contribution in [0.4, 0.5) is 0 Å². The van der Waals surface area contributed by atoms with Crippen molar-refractivity contribution < 1.29 is 14.3 Å². The Morgan fingerprint density at radius 1 is 1.09 bits per heavy atom. The van der Waals surface area contributed by atoms with Gasteiger partial charge in [-0.3, -0.25) is 9.59 Å². The minimum atomic E-state index is -0.204. The molecule has 0 aliphatic carbocycles. The van der Waals surface area contributed by atoms with Crippen molar-refractivity contribution in [3.63, 3.8) is 0 Å². The highest BCUT2D eigenvalue weighted by molar-refractivity contribution is 5.94. The van der Waals surface area contributed by atoms with Gasteiger partial charge in [-0.25, -0.2) is 0 Å². The van der Waals surface area contributed by atoms with Crippen molar-refractivity contribution in [2.24, 2.45) is 0 Å². The lowest BCUT2D eigenvalue weighted by Gasteiger charge is -2.14. The molecule has 4 nitrogen and oxygen atoms in total. The van der Waals surface area contributed by atoms with Gasteiger partial charge in [-0.05, 0) is 31.5 Å². The minimum absolute atomic E-state index is 0.0346. The molecule has 0 heterocycles. The van der Waals surface area contributed by atoms with Gasteiger partial charge >= 0.3 is 0 Å². The Labute approximate surface area is 130 Å². The summed E-state index contributed by atoms with van der Waals surface area (Å²) in [5.74, 6) is 0.271. The summed E-state index contributed by atoms with van der Waals surface area (Å²) < 4.78 is 5.43. The Balaban J connectivity index is 1.88. The number of rotatable bonds is 6. The Kier molecular flexibility index (Phi) is 5.31. The molecule has 2 rings (SSSR count). The van der Waals surface area contributed by atoms with Crippen molar-refractivity contribution in [2.75, 3.05) is 6.61 Å². The van der Waals surface area contributed by atoms with E-state index in [1.54, 1.807) is 24.3 Å². The molecule has 0 saturated carbocycles. The molecule has 2 aromatic carbocycles. The van der Waals surface area contributed by atoms with Crippen LogP contribution in [0.2, 0.25) is 0 Å². The van der Waals surface area contributed by atoms with Crippen molar-refractivity contribution in [3.05, 3.63) is 65.7 Å². The molecule has 0 aromatic heterocycles. The minimum Gasteiger partial charge on any atom is -0.484 e. The van der Waals surface area contributed by atoms with Crippen LogP contribution in [0.15, 0.2) is 54.6 Å². The van der Waals surface area contributed by atoms with E-state index < -0.39 is 0 Å². The fourth-order valence-corrected chi connectivity index (χ4v) is 2.06. The van der Waals surface area contributed by atoms with Gasteiger partial charge in [-0.2, -0.15) is 0 Å². The quantitative estimate of drug-likeness (QED) is 0.833. The normalized spacial score (nSPS) is 11.5. The van der Waals surface area contributed by atoms with E-state index in [4.69, 9.17) is 4.74 Å². The number of carbonyl (C=O) groups excluding carboxylic acids is 2. The SMILES string of the molecule is CC(=O)c1cccc(OCC(=O)NC(C)c2ccccc2)c1. The molecule has 1 N–H and O–H groups in total. The van der Waals surface area contributed by atoms with Crippen LogP contribution in [0.5, 0.6) is 5.75 Å². The van der Waals surface area contributed by atoms with Gasteiger partial charge in [0, 0.05) is 5.56 Å². The van der Waals surface area contributed by atoms with Crippen LogP contribution >= 0.6 is 0 Å². The van der Waals surface area contributed by atoms with Crippen LogP contribution in [-0.4, -0.2) is 18.3 Å². The van der Waals surface area contributed by atoms with Crippen LogP contribution in [0, 0.1) is 0 Å². The zero-order valence-electron chi connectivity index (χ0n) is 12.7. The first-order valence-electron chi connectivity index (χ1n) is 7.14. The third-order valence-corrected chi connectivity index (χ3v) is 3.29. The molecule has 0 bridgehead atoms. The molecule has 4 heteroatoms. The summed E-state index contributed by atoms with van der Waals surface area (Å²) in [5, 5.41) is 2.87. The van der Waals surface area contributed by atoms with Crippen molar-refractivity contribution in [1.82, 2.24) is 5.32 Å². The third kappa shape index (κ3) is 4.45. The first-order valence-corrected chi connectivity index (χ1v) is 7.14. The Hall–Kier alpha value is -2.62. The van der Waals surface area contributed by atoms with Gasteiger partial charge in [0.05, 0.1) is 6.04 Å². The van der Waals surface area contributed by atoms with E-state index in [-0.39, 0.29) is 24.3 Å². The second-order valence-electron chi connectivity index (χ2n) is 5.07. The smallest absolute Gasteiger partial charge is 0.258 e. The van der Waals surface area contributed by atoms with E-state index >= 15 is 0 Å². The highest BCUT2D eigenvalue weighted by Crippen LogP contribution is 2.14. The monoisotopic (exact) mass is 297 g/mol. The molecule has 0 aliphatic rings. The predicted molar refractivity (Wildman–Crippen MR) is 84.9 cm³/mol. The average Bonchev–Trinajstić information content (AvgIpc) is 2.54. The zero-order valence-corrected chi connectivity index (χ0v) is 12.7.